The van der Waals surface area contributed by atoms with Crippen LogP contribution in [0.4, 0.5) is 0 Å². The summed E-state index contributed by atoms with van der Waals surface area (Å²) in [6.45, 7) is 16.2. The molecule has 2 aliphatic heterocycles. The zero-order chi connectivity index (χ0) is 14.6. The van der Waals surface area contributed by atoms with Crippen molar-refractivity contribution in [3.05, 3.63) is 11.1 Å². The SMILES string of the molecule is CCOC1C[C@H]2C(C(C)(C)C)=C(C(C)(C)C)[C@@H]1S2=O. The van der Waals surface area contributed by atoms with Gasteiger partial charge in [0.05, 0.1) is 16.6 Å². The number of hydrogen-bond acceptors (Lipinski definition) is 2. The monoisotopic (exact) mass is 284 g/mol. The molecule has 0 aromatic rings. The highest BCUT2D eigenvalue weighted by Crippen LogP contribution is 2.54. The van der Waals surface area contributed by atoms with Crippen LogP contribution in [-0.4, -0.2) is 27.4 Å². The fourth-order valence-electron chi connectivity index (χ4n) is 3.71. The van der Waals surface area contributed by atoms with Crippen molar-refractivity contribution in [3.63, 3.8) is 0 Å². The third-order valence-corrected chi connectivity index (χ3v) is 6.24. The second kappa shape index (κ2) is 4.70. The minimum absolute atomic E-state index is 0.0768. The third kappa shape index (κ3) is 2.44. The fraction of sp³-hybridized carbons (Fsp3) is 0.875. The number of rotatable bonds is 2. The summed E-state index contributed by atoms with van der Waals surface area (Å²) in [5, 5.41) is 0.343. The molecule has 1 saturated heterocycles. The molecule has 2 unspecified atom stereocenters. The highest BCUT2D eigenvalue weighted by molar-refractivity contribution is 7.87. The number of hydrogen-bond donors (Lipinski definition) is 0. The van der Waals surface area contributed by atoms with E-state index in [1.807, 2.05) is 6.92 Å². The van der Waals surface area contributed by atoms with Gasteiger partial charge < -0.3 is 4.74 Å². The Kier molecular flexibility index (Phi) is 3.77. The van der Waals surface area contributed by atoms with Gasteiger partial charge in [0.2, 0.25) is 0 Å². The lowest BCUT2D eigenvalue weighted by Crippen LogP contribution is -2.36. The molecular weight excluding hydrogens is 256 g/mol. The molecule has 2 aliphatic rings. The summed E-state index contributed by atoms with van der Waals surface area (Å²) in [4.78, 5) is 0. The van der Waals surface area contributed by atoms with Crippen molar-refractivity contribution < 1.29 is 8.95 Å². The first kappa shape index (κ1) is 15.2. The normalized spacial score (nSPS) is 35.3. The largest absolute Gasteiger partial charge is 0.377 e. The van der Waals surface area contributed by atoms with Crippen LogP contribution in [0.2, 0.25) is 0 Å². The summed E-state index contributed by atoms with van der Waals surface area (Å²) < 4.78 is 18.6. The molecule has 2 heterocycles. The van der Waals surface area contributed by atoms with Crippen molar-refractivity contribution in [3.8, 4) is 0 Å². The maximum Gasteiger partial charge on any atom is 0.0834 e. The number of fused-ring (bicyclic) bond motifs is 2. The summed E-state index contributed by atoms with van der Waals surface area (Å²) in [5.74, 6) is 0. The van der Waals surface area contributed by atoms with Gasteiger partial charge >= 0.3 is 0 Å². The molecule has 0 aromatic heterocycles. The molecular formula is C16H28O2S. The Bertz CT molecular complexity index is 423. The molecule has 0 aromatic carbocycles. The lowest BCUT2D eigenvalue weighted by atomic mass is 9.68. The Balaban J connectivity index is 2.52. The van der Waals surface area contributed by atoms with Crippen LogP contribution in [-0.2, 0) is 15.5 Å². The molecule has 2 nitrogen and oxygen atoms in total. The van der Waals surface area contributed by atoms with Crippen LogP contribution in [0.3, 0.4) is 0 Å². The highest BCUT2D eigenvalue weighted by atomic mass is 32.2. The topological polar surface area (TPSA) is 26.3 Å². The molecule has 4 atom stereocenters. The van der Waals surface area contributed by atoms with Gasteiger partial charge in [-0.25, -0.2) is 0 Å². The third-order valence-electron chi connectivity index (χ3n) is 4.21. The minimum atomic E-state index is -0.785. The minimum Gasteiger partial charge on any atom is -0.377 e. The van der Waals surface area contributed by atoms with E-state index in [0.29, 0.717) is 6.61 Å². The maximum absolute atomic E-state index is 12.8. The summed E-state index contributed by atoms with van der Waals surface area (Å²) in [7, 11) is -0.785. The first-order valence-corrected chi connectivity index (χ1v) is 8.62. The molecule has 0 aliphatic carbocycles. The standard InChI is InChI=1S/C16H28O2S/c1-8-18-10-9-11-12(15(2,3)4)13(16(5,6)7)14(10)19(11)17/h10-11,14H,8-9H2,1-7H3/t10?,11-,14+,19?/m0/s1. The van der Waals surface area contributed by atoms with Crippen molar-refractivity contribution in [1.82, 2.24) is 0 Å². The van der Waals surface area contributed by atoms with Crippen molar-refractivity contribution in [2.24, 2.45) is 10.8 Å². The molecule has 3 heteroatoms. The van der Waals surface area contributed by atoms with Gasteiger partial charge in [-0.15, -0.1) is 0 Å². The van der Waals surface area contributed by atoms with E-state index in [2.05, 4.69) is 41.5 Å². The van der Waals surface area contributed by atoms with E-state index in [-0.39, 0.29) is 27.4 Å². The Labute approximate surface area is 120 Å². The highest BCUT2D eigenvalue weighted by Gasteiger charge is 2.56. The van der Waals surface area contributed by atoms with E-state index in [1.165, 1.54) is 11.1 Å². The van der Waals surface area contributed by atoms with Crippen LogP contribution >= 0.6 is 0 Å². The Morgan fingerprint density at radius 3 is 2.05 bits per heavy atom. The Hall–Kier alpha value is -0.150. The van der Waals surface area contributed by atoms with E-state index in [4.69, 9.17) is 4.74 Å². The predicted octanol–water partition coefficient (Wildman–Crippen LogP) is 3.68. The van der Waals surface area contributed by atoms with Crippen LogP contribution in [0.5, 0.6) is 0 Å². The van der Waals surface area contributed by atoms with Gasteiger partial charge in [0, 0.05) is 17.4 Å². The van der Waals surface area contributed by atoms with Crippen LogP contribution in [0.1, 0.15) is 54.9 Å². The summed E-state index contributed by atoms with van der Waals surface area (Å²) >= 11 is 0. The van der Waals surface area contributed by atoms with Gasteiger partial charge in [0.15, 0.2) is 0 Å². The van der Waals surface area contributed by atoms with Crippen LogP contribution in [0.15, 0.2) is 11.1 Å². The zero-order valence-corrected chi connectivity index (χ0v) is 14.2. The molecule has 2 rings (SSSR count). The van der Waals surface area contributed by atoms with Crippen LogP contribution < -0.4 is 0 Å². The van der Waals surface area contributed by atoms with Crippen molar-refractivity contribution >= 4 is 10.8 Å². The van der Waals surface area contributed by atoms with E-state index in [0.717, 1.165) is 6.42 Å². The van der Waals surface area contributed by atoms with Crippen molar-refractivity contribution in [1.29, 1.82) is 0 Å². The summed E-state index contributed by atoms with van der Waals surface area (Å²) in [6, 6.07) is 0. The van der Waals surface area contributed by atoms with Gasteiger partial charge in [-0.1, -0.05) is 41.5 Å². The molecule has 0 N–H and O–H groups in total. The maximum atomic E-state index is 12.8. The van der Waals surface area contributed by atoms with Crippen molar-refractivity contribution in [2.75, 3.05) is 6.61 Å². The van der Waals surface area contributed by atoms with Crippen molar-refractivity contribution in [2.45, 2.75) is 71.5 Å². The van der Waals surface area contributed by atoms with Gasteiger partial charge in [-0.05, 0) is 35.3 Å². The Morgan fingerprint density at radius 2 is 1.63 bits per heavy atom. The molecule has 0 saturated carbocycles. The van der Waals surface area contributed by atoms with Gasteiger partial charge in [0.25, 0.3) is 0 Å². The predicted molar refractivity (Wildman–Crippen MR) is 81.7 cm³/mol. The lowest BCUT2D eigenvalue weighted by molar-refractivity contribution is 0.0593. The quantitative estimate of drug-likeness (QED) is 0.723. The van der Waals surface area contributed by atoms with Crippen LogP contribution in [0.25, 0.3) is 0 Å². The van der Waals surface area contributed by atoms with E-state index >= 15 is 0 Å². The first-order valence-electron chi connectivity index (χ1n) is 7.35. The molecule has 0 spiro atoms. The first-order chi connectivity index (χ1) is 8.59. The van der Waals surface area contributed by atoms with Crippen LogP contribution in [0, 0.1) is 10.8 Å². The molecule has 110 valence electrons. The van der Waals surface area contributed by atoms with Gasteiger partial charge in [0.1, 0.15) is 0 Å². The van der Waals surface area contributed by atoms with E-state index < -0.39 is 10.8 Å². The Morgan fingerprint density at radius 1 is 1.11 bits per heavy atom. The molecule has 1 fully saturated rings. The molecule has 0 radical (unpaired) electrons. The van der Waals surface area contributed by atoms with Gasteiger partial charge in [-0.2, -0.15) is 0 Å². The molecule has 19 heavy (non-hydrogen) atoms. The van der Waals surface area contributed by atoms with E-state index in [1.54, 1.807) is 0 Å². The molecule has 2 bridgehead atoms. The smallest absolute Gasteiger partial charge is 0.0834 e. The van der Waals surface area contributed by atoms with E-state index in [9.17, 15) is 4.21 Å². The summed E-state index contributed by atoms with van der Waals surface area (Å²) in [5.41, 5.74) is 3.04. The summed E-state index contributed by atoms with van der Waals surface area (Å²) in [6.07, 6.45) is 1.10. The lowest BCUT2D eigenvalue weighted by Gasteiger charge is -2.37. The number of ether oxygens (including phenoxy) is 1. The fourth-order valence-corrected chi connectivity index (χ4v) is 6.35. The average molecular weight is 284 g/mol. The second-order valence-corrected chi connectivity index (χ2v) is 9.53. The average Bonchev–Trinajstić information content (AvgIpc) is 2.67. The second-order valence-electron chi connectivity index (χ2n) is 7.79. The molecule has 0 amide bonds. The van der Waals surface area contributed by atoms with Gasteiger partial charge in [-0.3, -0.25) is 4.21 Å². The zero-order valence-electron chi connectivity index (χ0n) is 13.4.